The minimum Gasteiger partial charge on any atom is -0.462 e. The number of rotatable bonds is 46. The molecule has 0 aliphatic carbocycles. The molecule has 0 saturated carbocycles. The van der Waals surface area contributed by atoms with Crippen molar-refractivity contribution in [3.8, 4) is 0 Å². The van der Waals surface area contributed by atoms with Crippen LogP contribution >= 0.6 is 0 Å². The van der Waals surface area contributed by atoms with Gasteiger partial charge in [-0.3, -0.25) is 9.59 Å². The fraction of sp³-hybridized carbons (Fsp3) is 0.782. The van der Waals surface area contributed by atoms with Crippen LogP contribution < -0.4 is 5.32 Å². The van der Waals surface area contributed by atoms with E-state index in [4.69, 9.17) is 4.74 Å². The molecule has 0 spiro atoms. The van der Waals surface area contributed by atoms with Crippen LogP contribution in [0.15, 0.2) is 60.8 Å². The number of carbonyl (C=O) groups excluding carboxylic acids is 2. The second kappa shape index (κ2) is 48.6. The minimum absolute atomic E-state index is 0.0614. The molecule has 6 heteroatoms. The van der Waals surface area contributed by atoms with Crippen molar-refractivity contribution in [1.29, 1.82) is 0 Å². The number of carbonyl (C=O) groups is 2. The number of amides is 1. The van der Waals surface area contributed by atoms with E-state index in [1.165, 1.54) is 135 Å². The third-order valence-corrected chi connectivity index (χ3v) is 11.7. The van der Waals surface area contributed by atoms with Crippen molar-refractivity contribution >= 4 is 11.9 Å². The highest BCUT2D eigenvalue weighted by atomic mass is 16.5. The summed E-state index contributed by atoms with van der Waals surface area (Å²) >= 11 is 0. The number of hydrogen-bond donors (Lipinski definition) is 3. The molecule has 3 unspecified atom stereocenters. The van der Waals surface area contributed by atoms with Crippen LogP contribution in [0.3, 0.4) is 0 Å². The number of esters is 1. The Morgan fingerprint density at radius 1 is 0.492 bits per heavy atom. The number of aliphatic hydroxyl groups is 2. The normalized spacial score (nSPS) is 13.7. The number of hydrogen-bond acceptors (Lipinski definition) is 5. The van der Waals surface area contributed by atoms with Crippen molar-refractivity contribution in [3.05, 3.63) is 60.8 Å². The first-order chi connectivity index (χ1) is 30.0. The molecule has 0 aliphatic heterocycles. The lowest BCUT2D eigenvalue weighted by Gasteiger charge is -2.24. The molecule has 354 valence electrons. The summed E-state index contributed by atoms with van der Waals surface area (Å²) in [7, 11) is 0. The van der Waals surface area contributed by atoms with E-state index in [0.29, 0.717) is 19.3 Å². The van der Waals surface area contributed by atoms with E-state index < -0.39 is 18.2 Å². The lowest BCUT2D eigenvalue weighted by atomic mass is 10.0. The Bertz CT molecular complexity index is 1090. The first kappa shape index (κ1) is 58.6. The van der Waals surface area contributed by atoms with Crippen LogP contribution in [0.2, 0.25) is 0 Å². The molecule has 0 aromatic rings. The first-order valence-electron chi connectivity index (χ1n) is 26.1. The van der Waals surface area contributed by atoms with Crippen LogP contribution in [-0.4, -0.2) is 46.9 Å². The molecular weight excluding hydrogens is 755 g/mol. The summed E-state index contributed by atoms with van der Waals surface area (Å²) in [5, 5.41) is 23.8. The van der Waals surface area contributed by atoms with E-state index in [-0.39, 0.29) is 24.9 Å². The predicted molar refractivity (Wildman–Crippen MR) is 264 cm³/mol. The quantitative estimate of drug-likeness (QED) is 0.0322. The molecule has 0 aromatic carbocycles. The Hall–Kier alpha value is -2.44. The van der Waals surface area contributed by atoms with Crippen LogP contribution in [0, 0.1) is 0 Å². The van der Waals surface area contributed by atoms with Crippen molar-refractivity contribution in [1.82, 2.24) is 5.32 Å². The molecule has 0 fully saturated rings. The fourth-order valence-electron chi connectivity index (χ4n) is 7.81. The van der Waals surface area contributed by atoms with E-state index in [1.54, 1.807) is 0 Å². The number of ether oxygens (including phenoxy) is 1. The average Bonchev–Trinajstić information content (AvgIpc) is 3.25. The smallest absolute Gasteiger partial charge is 0.306 e. The van der Waals surface area contributed by atoms with Gasteiger partial charge in [-0.2, -0.15) is 0 Å². The van der Waals surface area contributed by atoms with Crippen LogP contribution in [0.25, 0.3) is 0 Å². The van der Waals surface area contributed by atoms with Crippen LogP contribution in [0.4, 0.5) is 0 Å². The summed E-state index contributed by atoms with van der Waals surface area (Å²) in [4.78, 5) is 26.1. The van der Waals surface area contributed by atoms with Crippen LogP contribution in [0.5, 0.6) is 0 Å². The summed E-state index contributed by atoms with van der Waals surface area (Å²) < 4.78 is 5.92. The zero-order chi connectivity index (χ0) is 44.5. The molecule has 0 radical (unpaired) electrons. The summed E-state index contributed by atoms with van der Waals surface area (Å²) in [5.74, 6) is -0.516. The van der Waals surface area contributed by atoms with E-state index in [0.717, 1.165) is 70.6 Å². The maximum Gasteiger partial charge on any atom is 0.306 e. The second-order valence-electron chi connectivity index (χ2n) is 17.7. The van der Waals surface area contributed by atoms with Crippen LogP contribution in [-0.2, 0) is 14.3 Å². The molecule has 0 rings (SSSR count). The predicted octanol–water partition coefficient (Wildman–Crippen LogP) is 15.6. The van der Waals surface area contributed by atoms with Gasteiger partial charge in [-0.15, -0.1) is 0 Å². The maximum atomic E-state index is 13.2. The highest BCUT2D eigenvalue weighted by molar-refractivity contribution is 5.77. The monoisotopic (exact) mass is 854 g/mol. The number of aliphatic hydroxyl groups excluding tert-OH is 2. The lowest BCUT2D eigenvalue weighted by molar-refractivity contribution is -0.151. The maximum absolute atomic E-state index is 13.2. The molecular formula is C55H99NO5. The van der Waals surface area contributed by atoms with Gasteiger partial charge in [0.2, 0.25) is 5.91 Å². The van der Waals surface area contributed by atoms with Gasteiger partial charge in [0.1, 0.15) is 6.10 Å². The third kappa shape index (κ3) is 44.0. The summed E-state index contributed by atoms with van der Waals surface area (Å²) in [6.45, 7) is 6.34. The van der Waals surface area contributed by atoms with Gasteiger partial charge in [-0.1, -0.05) is 255 Å². The number of allylic oxidation sites excluding steroid dienone is 10. The average molecular weight is 854 g/mol. The standard InChI is InChI=1S/C55H99NO5/c1-4-7-10-13-16-19-22-25-27-29-31-34-37-40-43-46-51(61-55(60)48-45-42-39-36-33-30-28-26-23-20-17-14-11-8-5-2)49-54(59)56-52(50-57)53(58)47-44-41-38-35-32-24-21-18-15-12-9-6-3/h8,11,14,17,20,23,26,28,30,33,51-53,57-58H,4-7,9-10,12-13,15-16,18-19,21-22,24-25,27,29,31-32,34-50H2,1-3H3,(H,56,59)/b11-8+,17-14+,23-20-,28-26-,33-30+. The molecule has 6 nitrogen and oxygen atoms in total. The van der Waals surface area contributed by atoms with Crippen molar-refractivity contribution < 1.29 is 24.5 Å². The summed E-state index contributed by atoms with van der Waals surface area (Å²) in [5.41, 5.74) is 0. The summed E-state index contributed by atoms with van der Waals surface area (Å²) in [6.07, 6.45) is 59.9. The molecule has 3 N–H and O–H groups in total. The fourth-order valence-corrected chi connectivity index (χ4v) is 7.81. The molecule has 0 aromatic heterocycles. The van der Waals surface area contributed by atoms with E-state index in [2.05, 4.69) is 50.4 Å². The zero-order valence-electron chi connectivity index (χ0n) is 40.3. The molecule has 0 heterocycles. The van der Waals surface area contributed by atoms with Crippen molar-refractivity contribution in [3.63, 3.8) is 0 Å². The van der Waals surface area contributed by atoms with Gasteiger partial charge in [0.25, 0.3) is 0 Å². The molecule has 3 atom stereocenters. The van der Waals surface area contributed by atoms with Gasteiger partial charge < -0.3 is 20.3 Å². The molecule has 0 aliphatic rings. The van der Waals surface area contributed by atoms with Gasteiger partial charge >= 0.3 is 5.97 Å². The topological polar surface area (TPSA) is 95.9 Å². The highest BCUT2D eigenvalue weighted by Gasteiger charge is 2.24. The molecule has 0 bridgehead atoms. The van der Waals surface area contributed by atoms with Crippen molar-refractivity contribution in [2.24, 2.45) is 0 Å². The van der Waals surface area contributed by atoms with E-state index in [9.17, 15) is 19.8 Å². The van der Waals surface area contributed by atoms with Gasteiger partial charge in [-0.05, 0) is 44.9 Å². The third-order valence-electron chi connectivity index (χ3n) is 11.7. The SMILES string of the molecule is CC/C=C/C=C/C=C\C=C/C=C/CCCCCC(=O)OC(CCCCCCCCCCCCCCCCC)CC(=O)NC(CO)C(O)CCCCCCCCCCCCCC. The second-order valence-corrected chi connectivity index (χ2v) is 17.7. The van der Waals surface area contributed by atoms with Crippen molar-refractivity contribution in [2.45, 2.75) is 270 Å². The van der Waals surface area contributed by atoms with Gasteiger partial charge in [-0.25, -0.2) is 0 Å². The van der Waals surface area contributed by atoms with Gasteiger partial charge in [0, 0.05) is 6.42 Å². The highest BCUT2D eigenvalue weighted by Crippen LogP contribution is 2.18. The Labute approximate surface area is 378 Å². The first-order valence-corrected chi connectivity index (χ1v) is 26.1. The Morgan fingerprint density at radius 2 is 0.885 bits per heavy atom. The minimum atomic E-state index is -0.795. The Balaban J connectivity index is 4.65. The van der Waals surface area contributed by atoms with Crippen molar-refractivity contribution in [2.75, 3.05) is 6.61 Å². The van der Waals surface area contributed by atoms with E-state index in [1.807, 2.05) is 36.5 Å². The Kier molecular flexibility index (Phi) is 46.6. The number of nitrogens with one attached hydrogen (secondary N) is 1. The number of unbranched alkanes of at least 4 members (excludes halogenated alkanes) is 28. The summed E-state index contributed by atoms with van der Waals surface area (Å²) in [6, 6.07) is -0.710. The molecule has 61 heavy (non-hydrogen) atoms. The zero-order valence-corrected chi connectivity index (χ0v) is 40.3. The van der Waals surface area contributed by atoms with Gasteiger partial charge in [0.15, 0.2) is 0 Å². The van der Waals surface area contributed by atoms with Gasteiger partial charge in [0.05, 0.1) is 25.2 Å². The van der Waals surface area contributed by atoms with E-state index >= 15 is 0 Å². The molecule has 0 saturated heterocycles. The Morgan fingerprint density at radius 3 is 1.33 bits per heavy atom. The largest absolute Gasteiger partial charge is 0.462 e. The lowest BCUT2D eigenvalue weighted by Crippen LogP contribution is -2.46. The van der Waals surface area contributed by atoms with Crippen LogP contribution in [0.1, 0.15) is 252 Å². The molecule has 1 amide bonds.